The van der Waals surface area contributed by atoms with Crippen LogP contribution in [0.5, 0.6) is 0 Å². The van der Waals surface area contributed by atoms with Crippen molar-refractivity contribution in [1.29, 1.82) is 0 Å². The van der Waals surface area contributed by atoms with Crippen molar-refractivity contribution in [3.05, 3.63) is 35.4 Å². The molecule has 6 heteroatoms. The van der Waals surface area contributed by atoms with Crippen LogP contribution in [-0.2, 0) is 25.9 Å². The van der Waals surface area contributed by atoms with Crippen LogP contribution in [0.4, 0.5) is 0 Å². The van der Waals surface area contributed by atoms with E-state index in [0.717, 1.165) is 17.0 Å². The van der Waals surface area contributed by atoms with Crippen molar-refractivity contribution in [2.75, 3.05) is 7.11 Å². The summed E-state index contributed by atoms with van der Waals surface area (Å²) in [7, 11) is 1.38. The van der Waals surface area contributed by atoms with E-state index in [0.29, 0.717) is 17.9 Å². The highest BCUT2D eigenvalue weighted by Gasteiger charge is 2.33. The Bertz CT molecular complexity index is 650. The van der Waals surface area contributed by atoms with E-state index in [4.69, 9.17) is 9.68 Å². The van der Waals surface area contributed by atoms with E-state index in [9.17, 15) is 9.59 Å². The Hall–Kier alpha value is -2.21. The van der Waals surface area contributed by atoms with Gasteiger partial charge >= 0.3 is 5.91 Å². The lowest BCUT2D eigenvalue weighted by atomic mass is 10.0. The SMILES string of the molecule is CO/N=C1/C(=O)N(C(=O)CCC2CCCC2)OCc2ccccc21. The lowest BCUT2D eigenvalue weighted by Crippen LogP contribution is -2.40. The zero-order chi connectivity index (χ0) is 16.9. The van der Waals surface area contributed by atoms with E-state index in [-0.39, 0.29) is 18.2 Å². The predicted octanol–water partition coefficient (Wildman–Crippen LogP) is 2.81. The number of oxime groups is 1. The number of carbonyl (C=O) groups excluding carboxylic acids is 2. The highest BCUT2D eigenvalue weighted by Crippen LogP contribution is 2.29. The summed E-state index contributed by atoms with van der Waals surface area (Å²) in [6.45, 7) is 0.153. The summed E-state index contributed by atoms with van der Waals surface area (Å²) in [5, 5.41) is 4.68. The van der Waals surface area contributed by atoms with Gasteiger partial charge in [-0.1, -0.05) is 55.1 Å². The van der Waals surface area contributed by atoms with Crippen LogP contribution in [0.2, 0.25) is 0 Å². The van der Waals surface area contributed by atoms with E-state index in [1.807, 2.05) is 18.2 Å². The maximum absolute atomic E-state index is 12.7. The zero-order valence-corrected chi connectivity index (χ0v) is 13.9. The molecule has 0 saturated heterocycles. The fourth-order valence-electron chi connectivity index (χ4n) is 3.37. The van der Waals surface area contributed by atoms with Gasteiger partial charge in [0.15, 0.2) is 5.71 Å². The van der Waals surface area contributed by atoms with Crippen LogP contribution < -0.4 is 0 Å². The maximum Gasteiger partial charge on any atom is 0.307 e. The molecule has 1 aliphatic carbocycles. The van der Waals surface area contributed by atoms with Crippen molar-refractivity contribution < 1.29 is 19.3 Å². The summed E-state index contributed by atoms with van der Waals surface area (Å²) >= 11 is 0. The number of rotatable bonds is 4. The Morgan fingerprint density at radius 1 is 1.33 bits per heavy atom. The Kier molecular flexibility index (Phi) is 5.25. The normalized spacial score (nSPS) is 20.1. The summed E-state index contributed by atoms with van der Waals surface area (Å²) in [4.78, 5) is 35.5. The highest BCUT2D eigenvalue weighted by molar-refractivity contribution is 6.47. The molecule has 3 rings (SSSR count). The second-order valence-electron chi connectivity index (χ2n) is 6.24. The van der Waals surface area contributed by atoms with E-state index in [1.165, 1.54) is 32.8 Å². The Balaban J connectivity index is 1.76. The molecule has 1 aromatic rings. The fraction of sp³-hybridized carbons (Fsp3) is 0.500. The lowest BCUT2D eigenvalue weighted by Gasteiger charge is -2.18. The summed E-state index contributed by atoms with van der Waals surface area (Å²) in [6.07, 6.45) is 5.92. The van der Waals surface area contributed by atoms with Crippen LogP contribution in [0.3, 0.4) is 0 Å². The van der Waals surface area contributed by atoms with Gasteiger partial charge in [0.05, 0.1) is 0 Å². The Morgan fingerprint density at radius 3 is 2.83 bits per heavy atom. The standard InChI is InChI=1S/C18H22N2O4/c1-23-19-17-15-9-5-4-8-14(15)12-24-20(18(17)22)16(21)11-10-13-6-2-3-7-13/h4-5,8-9,13H,2-3,6-7,10-12H2,1H3/b19-17+. The topological polar surface area (TPSA) is 68.2 Å². The molecule has 0 aromatic heterocycles. The van der Waals surface area contributed by atoms with Gasteiger partial charge < -0.3 is 4.84 Å². The molecular weight excluding hydrogens is 308 g/mol. The summed E-state index contributed by atoms with van der Waals surface area (Å²) in [5.41, 5.74) is 1.53. The van der Waals surface area contributed by atoms with Gasteiger partial charge in [-0.05, 0) is 17.9 Å². The number of nitrogens with zero attached hydrogens (tertiary/aromatic N) is 2. The molecule has 0 spiro atoms. The van der Waals surface area contributed by atoms with Crippen LogP contribution in [0.25, 0.3) is 0 Å². The average molecular weight is 330 g/mol. The molecule has 0 unspecified atom stereocenters. The molecule has 0 radical (unpaired) electrons. The van der Waals surface area contributed by atoms with Crippen molar-refractivity contribution >= 4 is 17.5 Å². The van der Waals surface area contributed by atoms with Crippen LogP contribution >= 0.6 is 0 Å². The van der Waals surface area contributed by atoms with Crippen molar-refractivity contribution in [2.24, 2.45) is 11.1 Å². The van der Waals surface area contributed by atoms with Gasteiger partial charge in [-0.25, -0.2) is 0 Å². The van der Waals surface area contributed by atoms with Gasteiger partial charge in [-0.3, -0.25) is 14.4 Å². The van der Waals surface area contributed by atoms with E-state index < -0.39 is 5.91 Å². The largest absolute Gasteiger partial charge is 0.398 e. The van der Waals surface area contributed by atoms with E-state index in [2.05, 4.69) is 5.16 Å². The van der Waals surface area contributed by atoms with Crippen LogP contribution in [-0.4, -0.2) is 29.7 Å². The summed E-state index contributed by atoms with van der Waals surface area (Å²) in [5.74, 6) is -0.304. The van der Waals surface area contributed by atoms with Gasteiger partial charge in [0.25, 0.3) is 5.91 Å². The zero-order valence-electron chi connectivity index (χ0n) is 13.9. The first-order valence-corrected chi connectivity index (χ1v) is 8.40. The average Bonchev–Trinajstić information content (AvgIpc) is 3.07. The minimum absolute atomic E-state index is 0.0971. The third-order valence-electron chi connectivity index (χ3n) is 4.66. The monoisotopic (exact) mass is 330 g/mol. The molecule has 1 fully saturated rings. The first-order valence-electron chi connectivity index (χ1n) is 8.40. The molecule has 2 aliphatic rings. The number of imide groups is 1. The second-order valence-corrected chi connectivity index (χ2v) is 6.24. The van der Waals surface area contributed by atoms with Crippen molar-refractivity contribution in [3.63, 3.8) is 0 Å². The number of hydrogen-bond acceptors (Lipinski definition) is 5. The van der Waals surface area contributed by atoms with Crippen LogP contribution in [0.15, 0.2) is 29.4 Å². The first-order chi connectivity index (χ1) is 11.7. The Labute approximate surface area is 141 Å². The van der Waals surface area contributed by atoms with Crippen molar-refractivity contribution in [2.45, 2.75) is 45.1 Å². The van der Waals surface area contributed by atoms with Gasteiger partial charge in [0.2, 0.25) is 0 Å². The molecule has 1 heterocycles. The molecule has 1 aromatic carbocycles. The third-order valence-corrected chi connectivity index (χ3v) is 4.66. The molecule has 2 amide bonds. The van der Waals surface area contributed by atoms with Gasteiger partial charge in [0.1, 0.15) is 13.7 Å². The minimum Gasteiger partial charge on any atom is -0.398 e. The molecule has 24 heavy (non-hydrogen) atoms. The van der Waals surface area contributed by atoms with E-state index >= 15 is 0 Å². The number of hydrogen-bond donors (Lipinski definition) is 0. The molecule has 0 atom stereocenters. The summed E-state index contributed by atoms with van der Waals surface area (Å²) in [6, 6.07) is 7.30. The van der Waals surface area contributed by atoms with Gasteiger partial charge in [-0.2, -0.15) is 0 Å². The molecular formula is C18H22N2O4. The van der Waals surface area contributed by atoms with Gasteiger partial charge in [-0.15, -0.1) is 5.06 Å². The molecule has 128 valence electrons. The number of fused-ring (bicyclic) bond motifs is 1. The third kappa shape index (κ3) is 3.48. The van der Waals surface area contributed by atoms with Crippen LogP contribution in [0.1, 0.15) is 49.7 Å². The maximum atomic E-state index is 12.7. The number of amides is 2. The van der Waals surface area contributed by atoms with Crippen LogP contribution in [0, 0.1) is 5.92 Å². The molecule has 6 nitrogen and oxygen atoms in total. The van der Waals surface area contributed by atoms with Gasteiger partial charge in [0, 0.05) is 12.0 Å². The van der Waals surface area contributed by atoms with E-state index in [1.54, 1.807) is 6.07 Å². The highest BCUT2D eigenvalue weighted by atomic mass is 16.7. The lowest BCUT2D eigenvalue weighted by molar-refractivity contribution is -0.193. The van der Waals surface area contributed by atoms with Crippen molar-refractivity contribution in [1.82, 2.24) is 5.06 Å². The fourth-order valence-corrected chi connectivity index (χ4v) is 3.37. The molecule has 1 saturated carbocycles. The van der Waals surface area contributed by atoms with Crippen molar-refractivity contribution in [3.8, 4) is 0 Å². The molecule has 0 bridgehead atoms. The first kappa shape index (κ1) is 16.6. The number of benzene rings is 1. The predicted molar refractivity (Wildman–Crippen MR) is 87.8 cm³/mol. The smallest absolute Gasteiger partial charge is 0.307 e. The Morgan fingerprint density at radius 2 is 2.08 bits per heavy atom. The molecule has 0 N–H and O–H groups in total. The number of hydroxylamine groups is 2. The summed E-state index contributed by atoms with van der Waals surface area (Å²) < 4.78 is 0. The quantitative estimate of drug-likeness (QED) is 0.796. The minimum atomic E-state index is -0.571. The molecule has 1 aliphatic heterocycles. The number of carbonyl (C=O) groups is 2. The second kappa shape index (κ2) is 7.57.